The minimum atomic E-state index is -0.0410. The first-order valence-electron chi connectivity index (χ1n) is 8.38. The molecule has 0 aliphatic carbocycles. The Bertz CT molecular complexity index is 771. The molecule has 7 nitrogen and oxygen atoms in total. The number of likely N-dealkylation sites (tertiary alicyclic amines) is 1. The molecule has 3 rings (SSSR count). The molecule has 130 valence electrons. The van der Waals surface area contributed by atoms with E-state index in [1.807, 2.05) is 24.8 Å². The van der Waals surface area contributed by atoms with Crippen molar-refractivity contribution >= 4 is 17.7 Å². The SMILES string of the molecule is C=CC(=O)N1CCCC(c2nccnc2Nc2nc(C)cc(C)n2)C1. The zero-order valence-corrected chi connectivity index (χ0v) is 14.6. The third-order valence-electron chi connectivity index (χ3n) is 4.23. The molecule has 3 heterocycles. The number of carbonyl (C=O) groups excluding carboxylic acids is 1. The first kappa shape index (κ1) is 17.0. The first-order valence-corrected chi connectivity index (χ1v) is 8.38. The van der Waals surface area contributed by atoms with Gasteiger partial charge in [-0.1, -0.05) is 6.58 Å². The molecule has 1 unspecified atom stereocenters. The monoisotopic (exact) mass is 338 g/mol. The fourth-order valence-corrected chi connectivity index (χ4v) is 3.16. The van der Waals surface area contributed by atoms with Crippen molar-refractivity contribution in [2.75, 3.05) is 18.4 Å². The van der Waals surface area contributed by atoms with Crippen LogP contribution in [-0.4, -0.2) is 43.8 Å². The lowest BCUT2D eigenvalue weighted by atomic mass is 9.94. The van der Waals surface area contributed by atoms with Crippen LogP contribution in [0, 0.1) is 13.8 Å². The number of hydrogen-bond donors (Lipinski definition) is 1. The lowest BCUT2D eigenvalue weighted by Crippen LogP contribution is -2.38. The maximum Gasteiger partial charge on any atom is 0.245 e. The molecule has 1 amide bonds. The van der Waals surface area contributed by atoms with Crippen molar-refractivity contribution in [3.63, 3.8) is 0 Å². The summed E-state index contributed by atoms with van der Waals surface area (Å²) < 4.78 is 0. The summed E-state index contributed by atoms with van der Waals surface area (Å²) in [5.74, 6) is 1.24. The van der Waals surface area contributed by atoms with Gasteiger partial charge in [-0.2, -0.15) is 0 Å². The molecular formula is C18H22N6O. The maximum absolute atomic E-state index is 11.9. The summed E-state index contributed by atoms with van der Waals surface area (Å²) in [7, 11) is 0. The second-order valence-corrected chi connectivity index (χ2v) is 6.22. The van der Waals surface area contributed by atoms with Gasteiger partial charge in [0.25, 0.3) is 0 Å². The van der Waals surface area contributed by atoms with Gasteiger partial charge in [-0.05, 0) is 38.8 Å². The highest BCUT2D eigenvalue weighted by Gasteiger charge is 2.27. The van der Waals surface area contributed by atoms with Gasteiger partial charge in [0.15, 0.2) is 5.82 Å². The van der Waals surface area contributed by atoms with E-state index in [2.05, 4.69) is 31.8 Å². The third-order valence-corrected chi connectivity index (χ3v) is 4.23. The fraction of sp³-hybridized carbons (Fsp3) is 0.389. The molecule has 1 aliphatic heterocycles. The second kappa shape index (κ2) is 7.38. The Balaban J connectivity index is 1.85. The largest absolute Gasteiger partial charge is 0.339 e. The molecule has 1 fully saturated rings. The molecule has 0 bridgehead atoms. The molecule has 1 atom stereocenters. The molecular weight excluding hydrogens is 316 g/mol. The van der Waals surface area contributed by atoms with Crippen molar-refractivity contribution in [1.29, 1.82) is 0 Å². The summed E-state index contributed by atoms with van der Waals surface area (Å²) >= 11 is 0. The van der Waals surface area contributed by atoms with Gasteiger partial charge in [0.1, 0.15) is 0 Å². The van der Waals surface area contributed by atoms with Crippen molar-refractivity contribution in [3.05, 3.63) is 48.2 Å². The average Bonchev–Trinajstić information content (AvgIpc) is 2.61. The molecule has 1 saturated heterocycles. The van der Waals surface area contributed by atoms with Gasteiger partial charge >= 0.3 is 0 Å². The molecule has 0 saturated carbocycles. The van der Waals surface area contributed by atoms with Crippen molar-refractivity contribution in [2.24, 2.45) is 0 Å². The van der Waals surface area contributed by atoms with Gasteiger partial charge in [-0.15, -0.1) is 0 Å². The van der Waals surface area contributed by atoms with Crippen molar-refractivity contribution in [2.45, 2.75) is 32.6 Å². The molecule has 1 aliphatic rings. The van der Waals surface area contributed by atoms with Crippen LogP contribution >= 0.6 is 0 Å². The molecule has 0 radical (unpaired) electrons. The molecule has 2 aromatic rings. The van der Waals surface area contributed by atoms with Crippen LogP contribution in [0.5, 0.6) is 0 Å². The van der Waals surface area contributed by atoms with Crippen LogP contribution in [-0.2, 0) is 4.79 Å². The van der Waals surface area contributed by atoms with E-state index < -0.39 is 0 Å². The minimum absolute atomic E-state index is 0.0410. The van der Waals surface area contributed by atoms with Crippen LogP contribution in [0.2, 0.25) is 0 Å². The highest BCUT2D eigenvalue weighted by molar-refractivity contribution is 5.87. The number of piperidine rings is 1. The zero-order chi connectivity index (χ0) is 17.8. The summed E-state index contributed by atoms with van der Waals surface area (Å²) in [6.07, 6.45) is 6.57. The summed E-state index contributed by atoms with van der Waals surface area (Å²) in [5.41, 5.74) is 2.62. The van der Waals surface area contributed by atoms with E-state index in [4.69, 9.17) is 0 Å². The Labute approximate surface area is 147 Å². The maximum atomic E-state index is 11.9. The van der Waals surface area contributed by atoms with Gasteiger partial charge in [0.05, 0.1) is 5.69 Å². The van der Waals surface area contributed by atoms with Crippen LogP contribution in [0.3, 0.4) is 0 Å². The number of aryl methyl sites for hydroxylation is 2. The predicted molar refractivity (Wildman–Crippen MR) is 95.6 cm³/mol. The summed E-state index contributed by atoms with van der Waals surface area (Å²) in [6.45, 7) is 8.80. The zero-order valence-electron chi connectivity index (χ0n) is 14.6. The number of amides is 1. The number of anilines is 2. The lowest BCUT2D eigenvalue weighted by Gasteiger charge is -2.32. The van der Waals surface area contributed by atoms with E-state index in [0.717, 1.165) is 36.5 Å². The van der Waals surface area contributed by atoms with Crippen molar-refractivity contribution in [1.82, 2.24) is 24.8 Å². The van der Waals surface area contributed by atoms with Crippen LogP contribution in [0.25, 0.3) is 0 Å². The van der Waals surface area contributed by atoms with Gasteiger partial charge in [-0.25, -0.2) is 15.0 Å². The lowest BCUT2D eigenvalue weighted by molar-refractivity contribution is -0.127. The van der Waals surface area contributed by atoms with Gasteiger partial charge < -0.3 is 10.2 Å². The fourth-order valence-electron chi connectivity index (χ4n) is 3.16. The molecule has 1 N–H and O–H groups in total. The Hall–Kier alpha value is -2.83. The molecule has 25 heavy (non-hydrogen) atoms. The molecule has 0 aromatic carbocycles. The minimum Gasteiger partial charge on any atom is -0.339 e. The number of nitrogens with one attached hydrogen (secondary N) is 1. The average molecular weight is 338 g/mol. The summed E-state index contributed by atoms with van der Waals surface area (Å²) in [6, 6.07) is 1.92. The number of rotatable bonds is 4. The van der Waals surface area contributed by atoms with Crippen molar-refractivity contribution in [3.8, 4) is 0 Å². The smallest absolute Gasteiger partial charge is 0.245 e. The molecule has 7 heteroatoms. The highest BCUT2D eigenvalue weighted by Crippen LogP contribution is 2.30. The second-order valence-electron chi connectivity index (χ2n) is 6.22. The number of carbonyl (C=O) groups is 1. The van der Waals surface area contributed by atoms with E-state index in [1.54, 1.807) is 12.4 Å². The van der Waals surface area contributed by atoms with Crippen LogP contribution in [0.4, 0.5) is 11.8 Å². The Morgan fingerprint density at radius 3 is 2.72 bits per heavy atom. The van der Waals surface area contributed by atoms with E-state index >= 15 is 0 Å². The van der Waals surface area contributed by atoms with Crippen LogP contribution in [0.1, 0.15) is 35.8 Å². The van der Waals surface area contributed by atoms with Crippen molar-refractivity contribution < 1.29 is 4.79 Å². The standard InChI is InChI=1S/C18H22N6O/c1-4-15(25)24-9-5-6-14(11-24)16-17(20-8-7-19-16)23-18-21-12(2)10-13(3)22-18/h4,7-8,10,14H,1,5-6,9,11H2,2-3H3,(H,20,21,22,23). The predicted octanol–water partition coefficient (Wildman–Crippen LogP) is 2.52. The van der Waals surface area contributed by atoms with Crippen LogP contribution in [0.15, 0.2) is 31.1 Å². The van der Waals surface area contributed by atoms with Gasteiger partial charge in [0.2, 0.25) is 11.9 Å². The molecule has 0 spiro atoms. The first-order chi connectivity index (χ1) is 12.1. The van der Waals surface area contributed by atoms with E-state index in [0.29, 0.717) is 18.3 Å². The Morgan fingerprint density at radius 2 is 2.00 bits per heavy atom. The Kier molecular flexibility index (Phi) is 5.02. The topological polar surface area (TPSA) is 83.9 Å². The normalized spacial score (nSPS) is 17.2. The summed E-state index contributed by atoms with van der Waals surface area (Å²) in [4.78, 5) is 31.5. The third kappa shape index (κ3) is 3.99. The van der Waals surface area contributed by atoms with E-state index in [-0.39, 0.29) is 11.8 Å². The van der Waals surface area contributed by atoms with Gasteiger partial charge in [-0.3, -0.25) is 9.78 Å². The Morgan fingerprint density at radius 1 is 1.28 bits per heavy atom. The quantitative estimate of drug-likeness (QED) is 0.863. The number of hydrogen-bond acceptors (Lipinski definition) is 6. The number of aromatic nitrogens is 4. The highest BCUT2D eigenvalue weighted by atomic mass is 16.2. The van der Waals surface area contributed by atoms with E-state index in [9.17, 15) is 4.79 Å². The summed E-state index contributed by atoms with van der Waals surface area (Å²) in [5, 5.41) is 3.19. The van der Waals surface area contributed by atoms with E-state index in [1.165, 1.54) is 6.08 Å². The number of nitrogens with zero attached hydrogens (tertiary/aromatic N) is 5. The van der Waals surface area contributed by atoms with Gasteiger partial charge in [0, 0.05) is 42.8 Å². The molecule has 2 aromatic heterocycles. The van der Waals surface area contributed by atoms with Crippen LogP contribution < -0.4 is 5.32 Å².